The van der Waals surface area contributed by atoms with Gasteiger partial charge in [0.05, 0.1) is 5.02 Å². The van der Waals surface area contributed by atoms with Gasteiger partial charge in [0.2, 0.25) is 0 Å². The van der Waals surface area contributed by atoms with Gasteiger partial charge in [0, 0.05) is 17.8 Å². The second-order valence-corrected chi connectivity index (χ2v) is 5.55. The van der Waals surface area contributed by atoms with E-state index in [0.717, 1.165) is 35.5 Å². The number of furan rings is 1. The zero-order valence-corrected chi connectivity index (χ0v) is 11.3. The standard InChI is InChI=1S/C15H18ClNO/c1-17-14(10-5-6-10)8-7-12-9-11-3-2-4-13(16)15(11)18-12/h2-4,9-10,14,17H,5-8H2,1H3. The molecule has 0 radical (unpaired) electrons. The van der Waals surface area contributed by atoms with Crippen LogP contribution >= 0.6 is 11.6 Å². The van der Waals surface area contributed by atoms with Crippen molar-refractivity contribution in [3.8, 4) is 0 Å². The summed E-state index contributed by atoms with van der Waals surface area (Å²) < 4.78 is 5.83. The van der Waals surface area contributed by atoms with E-state index in [-0.39, 0.29) is 0 Å². The number of aryl methyl sites for hydroxylation is 1. The van der Waals surface area contributed by atoms with Gasteiger partial charge in [0.25, 0.3) is 0 Å². The van der Waals surface area contributed by atoms with Gasteiger partial charge in [-0.25, -0.2) is 0 Å². The normalized spacial score (nSPS) is 17.2. The predicted molar refractivity (Wildman–Crippen MR) is 75.1 cm³/mol. The number of fused-ring (bicyclic) bond motifs is 1. The largest absolute Gasteiger partial charge is 0.460 e. The van der Waals surface area contributed by atoms with Crippen LogP contribution in [0.1, 0.15) is 25.0 Å². The molecule has 3 rings (SSSR count). The molecule has 1 aliphatic rings. The number of benzene rings is 1. The van der Waals surface area contributed by atoms with Crippen LogP contribution in [-0.4, -0.2) is 13.1 Å². The lowest BCUT2D eigenvalue weighted by Gasteiger charge is -2.13. The van der Waals surface area contributed by atoms with E-state index in [9.17, 15) is 0 Å². The Bertz CT molecular complexity index is 544. The molecule has 0 bridgehead atoms. The average Bonchev–Trinajstić information content (AvgIpc) is 3.10. The fourth-order valence-corrected chi connectivity index (χ4v) is 2.84. The van der Waals surface area contributed by atoms with Gasteiger partial charge < -0.3 is 9.73 Å². The van der Waals surface area contributed by atoms with Gasteiger partial charge in [-0.2, -0.15) is 0 Å². The molecule has 0 amide bonds. The van der Waals surface area contributed by atoms with Gasteiger partial charge in [-0.3, -0.25) is 0 Å². The van der Waals surface area contributed by atoms with Gasteiger partial charge >= 0.3 is 0 Å². The van der Waals surface area contributed by atoms with Crippen molar-refractivity contribution in [1.29, 1.82) is 0 Å². The topological polar surface area (TPSA) is 25.2 Å². The zero-order chi connectivity index (χ0) is 12.5. The highest BCUT2D eigenvalue weighted by atomic mass is 35.5. The molecule has 1 aromatic heterocycles. The van der Waals surface area contributed by atoms with Crippen LogP contribution in [0.25, 0.3) is 11.0 Å². The zero-order valence-electron chi connectivity index (χ0n) is 10.6. The molecule has 1 N–H and O–H groups in total. The van der Waals surface area contributed by atoms with E-state index in [1.807, 2.05) is 18.2 Å². The molecule has 1 unspecified atom stereocenters. The first-order valence-electron chi connectivity index (χ1n) is 6.62. The fourth-order valence-electron chi connectivity index (χ4n) is 2.62. The first-order valence-corrected chi connectivity index (χ1v) is 7.00. The van der Waals surface area contributed by atoms with E-state index >= 15 is 0 Å². The number of halogens is 1. The summed E-state index contributed by atoms with van der Waals surface area (Å²) in [6.45, 7) is 0. The molecule has 1 aromatic carbocycles. The Hall–Kier alpha value is -0.990. The highest BCUT2D eigenvalue weighted by Gasteiger charge is 2.29. The van der Waals surface area contributed by atoms with Crippen LogP contribution in [0.3, 0.4) is 0 Å². The molecule has 1 fully saturated rings. The molecule has 1 atom stereocenters. The minimum Gasteiger partial charge on any atom is -0.460 e. The first kappa shape index (κ1) is 12.1. The summed E-state index contributed by atoms with van der Waals surface area (Å²) >= 11 is 6.11. The fraction of sp³-hybridized carbons (Fsp3) is 0.467. The lowest BCUT2D eigenvalue weighted by molar-refractivity contribution is 0.444. The molecule has 18 heavy (non-hydrogen) atoms. The van der Waals surface area contributed by atoms with Crippen molar-refractivity contribution in [2.45, 2.75) is 31.7 Å². The third-order valence-corrected chi connectivity index (χ3v) is 4.11. The van der Waals surface area contributed by atoms with Crippen LogP contribution in [-0.2, 0) is 6.42 Å². The molecule has 1 heterocycles. The Balaban J connectivity index is 1.72. The lowest BCUT2D eigenvalue weighted by atomic mass is 10.1. The molecule has 0 aliphatic heterocycles. The molecule has 2 aromatic rings. The van der Waals surface area contributed by atoms with Crippen LogP contribution in [0.15, 0.2) is 28.7 Å². The molecule has 0 spiro atoms. The van der Waals surface area contributed by atoms with Gasteiger partial charge in [0.15, 0.2) is 5.58 Å². The Labute approximate surface area is 112 Å². The monoisotopic (exact) mass is 263 g/mol. The SMILES string of the molecule is CNC(CCc1cc2cccc(Cl)c2o1)C1CC1. The number of hydrogen-bond donors (Lipinski definition) is 1. The highest BCUT2D eigenvalue weighted by molar-refractivity contribution is 6.34. The van der Waals surface area contributed by atoms with Crippen molar-refractivity contribution in [2.24, 2.45) is 5.92 Å². The maximum Gasteiger partial charge on any atom is 0.152 e. The summed E-state index contributed by atoms with van der Waals surface area (Å²) in [5.41, 5.74) is 0.821. The van der Waals surface area contributed by atoms with Crippen LogP contribution in [0.5, 0.6) is 0 Å². The van der Waals surface area contributed by atoms with Crippen LogP contribution in [0, 0.1) is 5.92 Å². The quantitative estimate of drug-likeness (QED) is 0.882. The van der Waals surface area contributed by atoms with Crippen molar-refractivity contribution in [1.82, 2.24) is 5.32 Å². The molecule has 2 nitrogen and oxygen atoms in total. The average molecular weight is 264 g/mol. The van der Waals surface area contributed by atoms with Gasteiger partial charge in [-0.15, -0.1) is 0 Å². The predicted octanol–water partition coefficient (Wildman–Crippen LogP) is 4.02. The Kier molecular flexibility index (Phi) is 3.31. The minimum atomic E-state index is 0.633. The minimum absolute atomic E-state index is 0.633. The molecule has 3 heteroatoms. The summed E-state index contributed by atoms with van der Waals surface area (Å²) in [6.07, 6.45) is 4.86. The molecular weight excluding hydrogens is 246 g/mol. The van der Waals surface area contributed by atoms with Gasteiger partial charge in [-0.05, 0) is 44.4 Å². The van der Waals surface area contributed by atoms with E-state index < -0.39 is 0 Å². The second-order valence-electron chi connectivity index (χ2n) is 5.14. The Morgan fingerprint density at radius 1 is 1.44 bits per heavy atom. The molecule has 96 valence electrons. The summed E-state index contributed by atoms with van der Waals surface area (Å²) in [6, 6.07) is 8.63. The third kappa shape index (κ3) is 2.40. The maximum absolute atomic E-state index is 6.11. The van der Waals surface area contributed by atoms with Crippen LogP contribution in [0.4, 0.5) is 0 Å². The lowest BCUT2D eigenvalue weighted by Crippen LogP contribution is -2.27. The summed E-state index contributed by atoms with van der Waals surface area (Å²) in [5, 5.41) is 5.21. The molecule has 0 saturated heterocycles. The van der Waals surface area contributed by atoms with E-state index in [0.29, 0.717) is 11.1 Å². The third-order valence-electron chi connectivity index (χ3n) is 3.81. The van der Waals surface area contributed by atoms with Crippen molar-refractivity contribution >= 4 is 22.6 Å². The van der Waals surface area contributed by atoms with E-state index in [4.69, 9.17) is 16.0 Å². The molecule has 1 saturated carbocycles. The summed E-state index contributed by atoms with van der Waals surface area (Å²) in [7, 11) is 2.05. The molecule has 1 aliphatic carbocycles. The second kappa shape index (κ2) is 4.94. The van der Waals surface area contributed by atoms with E-state index in [1.54, 1.807) is 0 Å². The van der Waals surface area contributed by atoms with Gasteiger partial charge in [0.1, 0.15) is 5.76 Å². The number of hydrogen-bond acceptors (Lipinski definition) is 2. The maximum atomic E-state index is 6.11. The van der Waals surface area contributed by atoms with E-state index in [2.05, 4.69) is 18.4 Å². The number of para-hydroxylation sites is 1. The van der Waals surface area contributed by atoms with Crippen molar-refractivity contribution < 1.29 is 4.42 Å². The Morgan fingerprint density at radius 2 is 2.28 bits per heavy atom. The van der Waals surface area contributed by atoms with Gasteiger partial charge in [-0.1, -0.05) is 23.7 Å². The van der Waals surface area contributed by atoms with Crippen LogP contribution < -0.4 is 5.32 Å². The van der Waals surface area contributed by atoms with Crippen molar-refractivity contribution in [3.63, 3.8) is 0 Å². The molecular formula is C15H18ClNO. The summed E-state index contributed by atoms with van der Waals surface area (Å²) in [4.78, 5) is 0. The summed E-state index contributed by atoms with van der Waals surface area (Å²) in [5.74, 6) is 1.92. The van der Waals surface area contributed by atoms with Crippen molar-refractivity contribution in [3.05, 3.63) is 35.0 Å². The van der Waals surface area contributed by atoms with Crippen molar-refractivity contribution in [2.75, 3.05) is 7.05 Å². The first-order chi connectivity index (χ1) is 8.78. The Morgan fingerprint density at radius 3 is 2.94 bits per heavy atom. The number of nitrogens with one attached hydrogen (secondary N) is 1. The smallest absolute Gasteiger partial charge is 0.152 e. The highest BCUT2D eigenvalue weighted by Crippen LogP contribution is 2.35. The number of rotatable bonds is 5. The van der Waals surface area contributed by atoms with E-state index in [1.165, 1.54) is 12.8 Å². The van der Waals surface area contributed by atoms with Crippen LogP contribution in [0.2, 0.25) is 5.02 Å².